The van der Waals surface area contributed by atoms with Crippen molar-refractivity contribution >= 4 is 0 Å². The van der Waals surface area contributed by atoms with Gasteiger partial charge in [-0.1, -0.05) is 12.1 Å². The molecule has 0 heterocycles. The molecule has 4 nitrogen and oxygen atoms in total. The second-order valence-corrected chi connectivity index (χ2v) is 3.76. The fourth-order valence-electron chi connectivity index (χ4n) is 1.70. The Kier molecular flexibility index (Phi) is 2.36. The van der Waals surface area contributed by atoms with Gasteiger partial charge in [0, 0.05) is 12.0 Å². The highest BCUT2D eigenvalue weighted by molar-refractivity contribution is 5.50. The predicted molar refractivity (Wildman–Crippen MR) is 58.1 cm³/mol. The molecule has 0 amide bonds. The number of phenolic OH excluding ortho intramolecular Hbond substituents is 2. The number of rotatable bonds is 1. The molecule has 1 atom stereocenters. The van der Waals surface area contributed by atoms with Crippen LogP contribution in [0.5, 0.6) is 11.5 Å². The Morgan fingerprint density at radius 3 is 2.50 bits per heavy atom. The molecule has 0 saturated carbocycles. The number of para-hydroxylation sites is 1. The molecule has 0 bridgehead atoms. The van der Waals surface area contributed by atoms with E-state index in [1.807, 2.05) is 0 Å². The second-order valence-electron chi connectivity index (χ2n) is 3.76. The summed E-state index contributed by atoms with van der Waals surface area (Å²) in [5, 5.41) is 38.4. The van der Waals surface area contributed by atoms with Crippen molar-refractivity contribution < 1.29 is 20.4 Å². The van der Waals surface area contributed by atoms with E-state index in [1.54, 1.807) is 0 Å². The van der Waals surface area contributed by atoms with E-state index in [9.17, 15) is 15.3 Å². The number of hydrogen-bond acceptors (Lipinski definition) is 4. The summed E-state index contributed by atoms with van der Waals surface area (Å²) in [6.45, 7) is 0. The predicted octanol–water partition coefficient (Wildman–Crippen LogP) is 1.69. The molecular formula is C12H12O4. The van der Waals surface area contributed by atoms with Crippen LogP contribution in [-0.4, -0.2) is 20.4 Å². The van der Waals surface area contributed by atoms with Gasteiger partial charge in [0.05, 0.1) is 0 Å². The number of phenols is 2. The van der Waals surface area contributed by atoms with E-state index in [0.717, 1.165) is 0 Å². The molecule has 1 aromatic rings. The second kappa shape index (κ2) is 3.57. The van der Waals surface area contributed by atoms with Crippen molar-refractivity contribution in [2.45, 2.75) is 12.0 Å². The standard InChI is InChI=1S/C12H12O4/c13-8-4-6-12(16,7-5-8)9-2-1-3-10(14)11(9)15/h1-6,13-16H,7H2. The van der Waals surface area contributed by atoms with Crippen LogP contribution >= 0.6 is 0 Å². The number of aliphatic hydroxyl groups excluding tert-OH is 1. The van der Waals surface area contributed by atoms with Gasteiger partial charge in [0.25, 0.3) is 0 Å². The van der Waals surface area contributed by atoms with Crippen LogP contribution in [0, 0.1) is 0 Å². The van der Waals surface area contributed by atoms with Crippen molar-refractivity contribution in [3.8, 4) is 11.5 Å². The summed E-state index contributed by atoms with van der Waals surface area (Å²) in [5.41, 5.74) is -1.18. The van der Waals surface area contributed by atoms with E-state index >= 15 is 0 Å². The van der Waals surface area contributed by atoms with Crippen LogP contribution in [-0.2, 0) is 5.60 Å². The Hall–Kier alpha value is -1.94. The number of benzene rings is 1. The van der Waals surface area contributed by atoms with Crippen LogP contribution in [0.2, 0.25) is 0 Å². The van der Waals surface area contributed by atoms with Crippen molar-refractivity contribution in [2.75, 3.05) is 0 Å². The summed E-state index contributed by atoms with van der Waals surface area (Å²) in [5.74, 6) is -0.549. The maximum absolute atomic E-state index is 10.3. The zero-order valence-electron chi connectivity index (χ0n) is 8.46. The molecular weight excluding hydrogens is 208 g/mol. The van der Waals surface area contributed by atoms with Crippen LogP contribution in [0.1, 0.15) is 12.0 Å². The van der Waals surface area contributed by atoms with E-state index in [0.29, 0.717) is 0 Å². The maximum atomic E-state index is 10.3. The first-order valence-electron chi connectivity index (χ1n) is 4.85. The van der Waals surface area contributed by atoms with Crippen molar-refractivity contribution in [3.63, 3.8) is 0 Å². The van der Waals surface area contributed by atoms with Crippen LogP contribution < -0.4 is 0 Å². The lowest BCUT2D eigenvalue weighted by atomic mass is 9.86. The lowest BCUT2D eigenvalue weighted by Gasteiger charge is -2.26. The highest BCUT2D eigenvalue weighted by Crippen LogP contribution is 2.40. The van der Waals surface area contributed by atoms with Crippen molar-refractivity contribution in [2.24, 2.45) is 0 Å². The summed E-state index contributed by atoms with van der Waals surface area (Å²) in [6.07, 6.45) is 4.33. The average molecular weight is 220 g/mol. The van der Waals surface area contributed by atoms with Gasteiger partial charge in [-0.3, -0.25) is 0 Å². The zero-order valence-corrected chi connectivity index (χ0v) is 8.46. The SMILES string of the molecule is OC1=CCC(O)(c2cccc(O)c2O)C=C1. The third kappa shape index (κ3) is 1.63. The fourth-order valence-corrected chi connectivity index (χ4v) is 1.70. The van der Waals surface area contributed by atoms with Crippen LogP contribution in [0.15, 0.2) is 42.2 Å². The van der Waals surface area contributed by atoms with Gasteiger partial charge in [-0.25, -0.2) is 0 Å². The molecule has 0 aliphatic heterocycles. The highest BCUT2D eigenvalue weighted by atomic mass is 16.3. The molecule has 1 aliphatic carbocycles. The third-order valence-corrected chi connectivity index (χ3v) is 2.63. The van der Waals surface area contributed by atoms with Crippen LogP contribution in [0.3, 0.4) is 0 Å². The first-order valence-corrected chi connectivity index (χ1v) is 4.85. The smallest absolute Gasteiger partial charge is 0.163 e. The monoisotopic (exact) mass is 220 g/mol. The minimum absolute atomic E-state index is 0.0734. The Labute approximate surface area is 92.4 Å². The summed E-state index contributed by atoms with van der Waals surface area (Å²) >= 11 is 0. The first-order chi connectivity index (χ1) is 7.53. The lowest BCUT2D eigenvalue weighted by Crippen LogP contribution is -2.24. The zero-order chi connectivity index (χ0) is 11.8. The largest absolute Gasteiger partial charge is 0.508 e. The summed E-state index contributed by atoms with van der Waals surface area (Å²) in [4.78, 5) is 0. The lowest BCUT2D eigenvalue weighted by molar-refractivity contribution is 0.0860. The number of hydrogen-bond donors (Lipinski definition) is 4. The number of allylic oxidation sites excluding steroid dienone is 1. The average Bonchev–Trinajstić information content (AvgIpc) is 2.27. The number of aromatic hydroxyl groups is 2. The van der Waals surface area contributed by atoms with Crippen molar-refractivity contribution in [1.29, 1.82) is 0 Å². The molecule has 2 rings (SSSR count). The van der Waals surface area contributed by atoms with E-state index in [4.69, 9.17) is 5.11 Å². The molecule has 0 radical (unpaired) electrons. The molecule has 4 heteroatoms. The molecule has 4 N–H and O–H groups in total. The Morgan fingerprint density at radius 2 is 1.88 bits per heavy atom. The maximum Gasteiger partial charge on any atom is 0.163 e. The van der Waals surface area contributed by atoms with Crippen molar-refractivity contribution in [3.05, 3.63) is 47.7 Å². The van der Waals surface area contributed by atoms with Crippen LogP contribution in [0.4, 0.5) is 0 Å². The Morgan fingerprint density at radius 1 is 1.12 bits per heavy atom. The van der Waals surface area contributed by atoms with E-state index in [1.165, 1.54) is 36.4 Å². The van der Waals surface area contributed by atoms with Gasteiger partial charge in [-0.05, 0) is 24.3 Å². The summed E-state index contributed by atoms with van der Waals surface area (Å²) < 4.78 is 0. The van der Waals surface area contributed by atoms with E-state index in [-0.39, 0.29) is 29.2 Å². The molecule has 0 saturated heterocycles. The summed E-state index contributed by atoms with van der Waals surface area (Å²) in [7, 11) is 0. The minimum Gasteiger partial charge on any atom is -0.508 e. The fraction of sp³-hybridized carbons (Fsp3) is 0.167. The summed E-state index contributed by atoms with van der Waals surface area (Å²) in [6, 6.07) is 4.39. The van der Waals surface area contributed by atoms with Gasteiger partial charge in [0.15, 0.2) is 11.5 Å². The molecule has 16 heavy (non-hydrogen) atoms. The normalized spacial score (nSPS) is 24.2. The molecule has 1 unspecified atom stereocenters. The molecule has 84 valence electrons. The van der Waals surface area contributed by atoms with Gasteiger partial charge in [-0.2, -0.15) is 0 Å². The minimum atomic E-state index is -1.39. The molecule has 0 aromatic heterocycles. The topological polar surface area (TPSA) is 80.9 Å². The molecule has 0 spiro atoms. The molecule has 1 aliphatic rings. The first kappa shape index (κ1) is 10.6. The van der Waals surface area contributed by atoms with Crippen molar-refractivity contribution in [1.82, 2.24) is 0 Å². The number of aliphatic hydroxyl groups is 2. The molecule has 0 fully saturated rings. The van der Waals surface area contributed by atoms with Gasteiger partial charge in [0.1, 0.15) is 11.4 Å². The molecule has 1 aromatic carbocycles. The van der Waals surface area contributed by atoms with E-state index < -0.39 is 5.60 Å². The highest BCUT2D eigenvalue weighted by Gasteiger charge is 2.31. The van der Waals surface area contributed by atoms with E-state index in [2.05, 4.69) is 0 Å². The van der Waals surface area contributed by atoms with Gasteiger partial charge in [0.2, 0.25) is 0 Å². The Bertz CT molecular complexity index is 476. The van der Waals surface area contributed by atoms with Gasteiger partial charge < -0.3 is 20.4 Å². The van der Waals surface area contributed by atoms with Crippen LogP contribution in [0.25, 0.3) is 0 Å². The third-order valence-electron chi connectivity index (χ3n) is 2.63. The van der Waals surface area contributed by atoms with Gasteiger partial charge >= 0.3 is 0 Å². The quantitative estimate of drug-likeness (QED) is 0.543. The Balaban J connectivity index is 2.46. The van der Waals surface area contributed by atoms with Gasteiger partial charge in [-0.15, -0.1) is 0 Å².